The number of nitrogens with one attached hydrogen (secondary N) is 1. The Bertz CT molecular complexity index is 674. The molecule has 1 aromatic rings. The van der Waals surface area contributed by atoms with Crippen LogP contribution in [0.5, 0.6) is 5.75 Å². The highest BCUT2D eigenvalue weighted by Gasteiger charge is 2.33. The zero-order chi connectivity index (χ0) is 19.1. The lowest BCUT2D eigenvalue weighted by Gasteiger charge is -2.32. The van der Waals surface area contributed by atoms with E-state index in [1.807, 2.05) is 6.92 Å². The van der Waals surface area contributed by atoms with Crippen molar-refractivity contribution in [2.24, 2.45) is 0 Å². The minimum absolute atomic E-state index is 0.00494. The van der Waals surface area contributed by atoms with E-state index in [2.05, 4.69) is 5.32 Å². The second-order valence-corrected chi connectivity index (χ2v) is 6.24. The van der Waals surface area contributed by atoms with E-state index in [1.54, 1.807) is 32.2 Å². The van der Waals surface area contributed by atoms with Crippen LogP contribution in [0, 0.1) is 0 Å². The van der Waals surface area contributed by atoms with Crippen LogP contribution in [0.4, 0.5) is 5.69 Å². The third kappa shape index (κ3) is 4.82. The molecule has 2 rings (SSSR count). The Morgan fingerprint density at radius 3 is 2.81 bits per heavy atom. The standard InChI is InChI=1S/C19H26N2O5/c1-4-6-16(22)14-7-8-17-15(11-14)21(19(24)13(2)26-17)12-18(23)20-9-5-10-25-3/h7-8,11,13H,4-6,9-10,12H2,1-3H3,(H,20,23). The van der Waals surface area contributed by atoms with Crippen molar-refractivity contribution in [2.45, 2.75) is 39.2 Å². The van der Waals surface area contributed by atoms with Gasteiger partial charge in [-0.05, 0) is 38.0 Å². The topological polar surface area (TPSA) is 84.9 Å². The molecule has 7 heteroatoms. The zero-order valence-corrected chi connectivity index (χ0v) is 15.5. The minimum Gasteiger partial charge on any atom is -0.479 e. The van der Waals surface area contributed by atoms with E-state index in [9.17, 15) is 14.4 Å². The number of ether oxygens (including phenoxy) is 2. The summed E-state index contributed by atoms with van der Waals surface area (Å²) in [5.74, 6) is -0.0629. The first-order valence-electron chi connectivity index (χ1n) is 8.88. The molecule has 1 aromatic carbocycles. The molecule has 0 radical (unpaired) electrons. The summed E-state index contributed by atoms with van der Waals surface area (Å²) in [6.07, 6.45) is 1.20. The van der Waals surface area contributed by atoms with Crippen molar-refractivity contribution in [1.82, 2.24) is 5.32 Å². The smallest absolute Gasteiger partial charge is 0.268 e. The van der Waals surface area contributed by atoms with Crippen LogP contribution < -0.4 is 15.0 Å². The van der Waals surface area contributed by atoms with Crippen molar-refractivity contribution < 1.29 is 23.9 Å². The number of rotatable bonds is 9. The van der Waals surface area contributed by atoms with Crippen LogP contribution >= 0.6 is 0 Å². The van der Waals surface area contributed by atoms with Crippen LogP contribution in [0.2, 0.25) is 0 Å². The van der Waals surface area contributed by atoms with E-state index in [-0.39, 0.29) is 24.1 Å². The first-order valence-corrected chi connectivity index (χ1v) is 8.88. The average Bonchev–Trinajstić information content (AvgIpc) is 2.62. The molecular weight excluding hydrogens is 336 g/mol. The zero-order valence-electron chi connectivity index (χ0n) is 15.5. The number of anilines is 1. The lowest BCUT2D eigenvalue weighted by molar-refractivity contribution is -0.128. The number of nitrogens with zero attached hydrogens (tertiary/aromatic N) is 1. The molecule has 142 valence electrons. The fourth-order valence-electron chi connectivity index (χ4n) is 2.76. The molecule has 1 unspecified atom stereocenters. The summed E-state index contributed by atoms with van der Waals surface area (Å²) in [4.78, 5) is 38.3. The molecule has 0 saturated carbocycles. The number of methoxy groups -OCH3 is 1. The highest BCUT2D eigenvalue weighted by atomic mass is 16.5. The van der Waals surface area contributed by atoms with Gasteiger partial charge in [-0.15, -0.1) is 0 Å². The number of ketones is 1. The van der Waals surface area contributed by atoms with Crippen LogP contribution in [0.1, 0.15) is 43.5 Å². The van der Waals surface area contributed by atoms with Crippen molar-refractivity contribution in [1.29, 1.82) is 0 Å². The average molecular weight is 362 g/mol. The fourth-order valence-corrected chi connectivity index (χ4v) is 2.76. The highest BCUT2D eigenvalue weighted by Crippen LogP contribution is 2.35. The lowest BCUT2D eigenvalue weighted by Crippen LogP contribution is -2.49. The number of hydrogen-bond donors (Lipinski definition) is 1. The predicted molar refractivity (Wildman–Crippen MR) is 97.6 cm³/mol. The van der Waals surface area contributed by atoms with E-state index in [4.69, 9.17) is 9.47 Å². The van der Waals surface area contributed by atoms with E-state index < -0.39 is 6.10 Å². The maximum atomic E-state index is 12.5. The van der Waals surface area contributed by atoms with E-state index >= 15 is 0 Å². The monoisotopic (exact) mass is 362 g/mol. The number of carbonyl (C=O) groups excluding carboxylic acids is 3. The molecule has 1 heterocycles. The molecule has 7 nitrogen and oxygen atoms in total. The lowest BCUT2D eigenvalue weighted by atomic mass is 10.0. The second kappa shape index (κ2) is 9.33. The quantitative estimate of drug-likeness (QED) is 0.536. The third-order valence-corrected chi connectivity index (χ3v) is 4.12. The molecule has 0 bridgehead atoms. The van der Waals surface area contributed by atoms with Gasteiger partial charge in [-0.25, -0.2) is 0 Å². The van der Waals surface area contributed by atoms with E-state index in [0.717, 1.165) is 6.42 Å². The maximum absolute atomic E-state index is 12.5. The van der Waals surface area contributed by atoms with Gasteiger partial charge >= 0.3 is 0 Å². The van der Waals surface area contributed by atoms with Crippen molar-refractivity contribution in [3.63, 3.8) is 0 Å². The first-order chi connectivity index (χ1) is 12.5. The summed E-state index contributed by atoms with van der Waals surface area (Å²) < 4.78 is 10.6. The third-order valence-electron chi connectivity index (χ3n) is 4.12. The molecule has 0 fully saturated rings. The number of amides is 2. The van der Waals surface area contributed by atoms with E-state index in [1.165, 1.54) is 4.90 Å². The Labute approximate surface area is 153 Å². The van der Waals surface area contributed by atoms with Gasteiger partial charge in [0, 0.05) is 32.2 Å². The van der Waals surface area contributed by atoms with E-state index in [0.29, 0.717) is 43.0 Å². The van der Waals surface area contributed by atoms with Gasteiger partial charge in [0.25, 0.3) is 5.91 Å². The van der Waals surface area contributed by atoms with Crippen molar-refractivity contribution >= 4 is 23.3 Å². The van der Waals surface area contributed by atoms with Gasteiger partial charge in [0.05, 0.1) is 5.69 Å². The largest absolute Gasteiger partial charge is 0.479 e. The Morgan fingerprint density at radius 1 is 1.35 bits per heavy atom. The Morgan fingerprint density at radius 2 is 2.12 bits per heavy atom. The van der Waals surface area contributed by atoms with Gasteiger partial charge in [-0.2, -0.15) is 0 Å². The summed E-state index contributed by atoms with van der Waals surface area (Å²) in [6, 6.07) is 5.02. The number of benzene rings is 1. The van der Waals surface area contributed by atoms with Gasteiger partial charge in [-0.1, -0.05) is 6.92 Å². The molecule has 0 aromatic heterocycles. The minimum atomic E-state index is -0.680. The Kier molecular flexibility index (Phi) is 7.15. The molecule has 2 amide bonds. The molecule has 0 saturated heterocycles. The Hall–Kier alpha value is -2.41. The molecule has 26 heavy (non-hydrogen) atoms. The molecule has 1 atom stereocenters. The van der Waals surface area contributed by atoms with Gasteiger partial charge in [0.1, 0.15) is 12.3 Å². The summed E-state index contributed by atoms with van der Waals surface area (Å²) in [5.41, 5.74) is 0.976. The maximum Gasteiger partial charge on any atom is 0.268 e. The number of carbonyl (C=O) groups is 3. The fraction of sp³-hybridized carbons (Fsp3) is 0.526. The molecule has 1 aliphatic heterocycles. The number of hydrogen-bond acceptors (Lipinski definition) is 5. The van der Waals surface area contributed by atoms with Gasteiger partial charge < -0.3 is 14.8 Å². The summed E-state index contributed by atoms with van der Waals surface area (Å²) in [7, 11) is 1.60. The summed E-state index contributed by atoms with van der Waals surface area (Å²) >= 11 is 0. The SMILES string of the molecule is CCCC(=O)c1ccc2c(c1)N(CC(=O)NCCCOC)C(=O)C(C)O2. The molecule has 1 N–H and O–H groups in total. The summed E-state index contributed by atoms with van der Waals surface area (Å²) in [5, 5.41) is 2.77. The molecule has 0 spiro atoms. The first kappa shape index (κ1) is 19.9. The number of fused-ring (bicyclic) bond motifs is 1. The van der Waals surface area contributed by atoms with Crippen LogP contribution in [-0.2, 0) is 14.3 Å². The van der Waals surface area contributed by atoms with Crippen LogP contribution in [0.15, 0.2) is 18.2 Å². The second-order valence-electron chi connectivity index (χ2n) is 6.24. The molecular formula is C19H26N2O5. The van der Waals surface area contributed by atoms with Crippen LogP contribution in [0.25, 0.3) is 0 Å². The van der Waals surface area contributed by atoms with Crippen molar-refractivity contribution in [3.8, 4) is 5.75 Å². The predicted octanol–water partition coefficient (Wildman–Crippen LogP) is 1.94. The Balaban J connectivity index is 2.17. The normalized spacial score (nSPS) is 16.0. The number of Topliss-reactive ketones (excluding diaryl/α,β-unsaturated/α-hetero) is 1. The van der Waals surface area contributed by atoms with Crippen LogP contribution in [-0.4, -0.2) is 50.5 Å². The highest BCUT2D eigenvalue weighted by molar-refractivity contribution is 6.05. The van der Waals surface area contributed by atoms with Crippen LogP contribution in [0.3, 0.4) is 0 Å². The van der Waals surface area contributed by atoms with Crippen molar-refractivity contribution in [3.05, 3.63) is 23.8 Å². The molecule has 1 aliphatic rings. The van der Waals surface area contributed by atoms with Gasteiger partial charge in [-0.3, -0.25) is 19.3 Å². The van der Waals surface area contributed by atoms with Gasteiger partial charge in [0.2, 0.25) is 5.91 Å². The summed E-state index contributed by atoms with van der Waals surface area (Å²) in [6.45, 7) is 4.50. The van der Waals surface area contributed by atoms with Gasteiger partial charge in [0.15, 0.2) is 11.9 Å². The molecule has 0 aliphatic carbocycles. The van der Waals surface area contributed by atoms with Crippen molar-refractivity contribution in [2.75, 3.05) is 31.7 Å².